The monoisotopic (exact) mass is 1510 g/mol. The Morgan fingerprint density at radius 2 is 0.743 bits per heavy atom. The lowest BCUT2D eigenvalue weighted by atomic mass is 9.86. The van der Waals surface area contributed by atoms with Crippen molar-refractivity contribution in [2.45, 2.75) is 109 Å². The molecule has 6 aromatic heterocycles. The van der Waals surface area contributed by atoms with Crippen LogP contribution in [0.2, 0.25) is 10.3 Å². The van der Waals surface area contributed by atoms with Gasteiger partial charge in [0.25, 0.3) is 0 Å². The molecule has 9 rings (SSSR count). The molecular formula is C95H64Cl2N12O4. The summed E-state index contributed by atoms with van der Waals surface area (Å²) in [5.41, 5.74) is 3.16. The minimum Gasteiger partial charge on any atom is -0.463 e. The fourth-order valence-electron chi connectivity index (χ4n) is 9.65. The van der Waals surface area contributed by atoms with Gasteiger partial charge >= 0.3 is 5.97 Å². The summed E-state index contributed by atoms with van der Waals surface area (Å²) in [6, 6.07) is 12.7. The molecule has 0 aromatic carbocycles. The number of ether oxygens (including phenoxy) is 2. The Balaban J connectivity index is 0.000000261. The summed E-state index contributed by atoms with van der Waals surface area (Å²) in [5, 5.41) is 25.6. The van der Waals surface area contributed by atoms with E-state index in [0.717, 1.165) is 122 Å². The van der Waals surface area contributed by atoms with Gasteiger partial charge in [0.05, 0.1) is 12.5 Å². The van der Waals surface area contributed by atoms with E-state index in [1.807, 2.05) is 50.2 Å². The Morgan fingerprint density at radius 1 is 0.442 bits per heavy atom. The number of carbonyl (C=O) groups is 1. The number of carbonyl (C=O) groups excluding carboxylic acids is 1. The number of hydrogen-bond acceptors (Lipinski definition) is 16. The lowest BCUT2D eigenvalue weighted by molar-refractivity contribution is -0.146. The molecule has 6 aromatic rings. The van der Waals surface area contributed by atoms with Crippen LogP contribution in [0.4, 0.5) is 23.5 Å². The van der Waals surface area contributed by atoms with Crippen LogP contribution in [0, 0.1) is 285 Å². The van der Waals surface area contributed by atoms with Crippen molar-refractivity contribution < 1.29 is 19.4 Å². The van der Waals surface area contributed by atoms with Crippen LogP contribution in [0.5, 0.6) is 0 Å². The molecular weight excluding hydrogens is 1440 g/mol. The highest BCUT2D eigenvalue weighted by Crippen LogP contribution is 2.30. The van der Waals surface area contributed by atoms with E-state index < -0.39 is 0 Å². The van der Waals surface area contributed by atoms with Gasteiger partial charge in [-0.3, -0.25) is 4.79 Å². The van der Waals surface area contributed by atoms with E-state index in [0.29, 0.717) is 52.5 Å². The number of aromatic nitrogens is 8. The second kappa shape index (κ2) is 55.7. The molecule has 3 fully saturated rings. The fraction of sp³-hybridized carbons (Fsp3) is 0.253. The van der Waals surface area contributed by atoms with Crippen molar-refractivity contribution in [2.24, 2.45) is 11.8 Å². The first-order valence-electron chi connectivity index (χ1n) is 34.8. The second-order valence-corrected chi connectivity index (χ2v) is 23.8. The molecule has 0 spiro atoms. The largest absolute Gasteiger partial charge is 0.463 e. The van der Waals surface area contributed by atoms with Gasteiger partial charge in [0, 0.05) is 264 Å². The highest BCUT2D eigenvalue weighted by atomic mass is 35.5. The summed E-state index contributed by atoms with van der Waals surface area (Å²) in [6.07, 6.45) is 32.2. The topological polar surface area (TPSA) is 207 Å². The number of hydrogen-bond donors (Lipinski definition) is 5. The van der Waals surface area contributed by atoms with Crippen LogP contribution in [0.25, 0.3) is 21.8 Å². The molecule has 3 aliphatic rings. The molecule has 1 saturated heterocycles. The number of nitrogens with one attached hydrogen (secondary N) is 4. The van der Waals surface area contributed by atoms with Crippen molar-refractivity contribution in [1.29, 1.82) is 0 Å². The van der Waals surface area contributed by atoms with Gasteiger partial charge in [-0.05, 0) is 233 Å². The number of nitrogens with zero attached hydrogens (tertiary/aromatic N) is 8. The second-order valence-electron chi connectivity index (χ2n) is 23.1. The molecule has 1 aliphatic heterocycles. The van der Waals surface area contributed by atoms with E-state index in [1.165, 1.54) is 12.8 Å². The number of pyridine rings is 4. The third-order valence-corrected chi connectivity index (χ3v) is 15.2. The molecule has 542 valence electrons. The zero-order chi connectivity index (χ0) is 79.9. The zero-order valence-electron chi connectivity index (χ0n) is 61.5. The summed E-state index contributed by atoms with van der Waals surface area (Å²) in [4.78, 5) is 46.5. The third kappa shape index (κ3) is 39.5. The van der Waals surface area contributed by atoms with E-state index in [9.17, 15) is 4.79 Å². The van der Waals surface area contributed by atoms with Crippen molar-refractivity contribution in [3.8, 4) is 273 Å². The van der Waals surface area contributed by atoms with Crippen molar-refractivity contribution in [2.75, 3.05) is 54.2 Å². The summed E-state index contributed by atoms with van der Waals surface area (Å²) in [7, 11) is 0. The van der Waals surface area contributed by atoms with E-state index in [2.05, 4.69) is 322 Å². The Kier molecular flexibility index (Phi) is 42.5. The summed E-state index contributed by atoms with van der Waals surface area (Å²) >= 11 is 12.4. The molecule has 0 unspecified atom stereocenters. The number of aliphatic hydroxyl groups excluding tert-OH is 1. The number of anilines is 4. The molecule has 0 amide bonds. The Hall–Kier alpha value is -15.7. The van der Waals surface area contributed by atoms with Crippen molar-refractivity contribution in [1.82, 2.24) is 39.9 Å². The standard InChI is InChI=1S/C46H2.C24H29ClN6O2.C21H25ClN6O.C4H8O/c1-3-5-7-9-11-13-15-17-19-21-23-25-27-29-31-33-35-37-39-41-43-45-46-44-42-40-38-36-34-32-30-28-26-24-22-20-18-16-14-12-10-8-6-4-2;1-15(2)33-21(32)11-17-13-28-24(29-14-17)27-12-16-3-6-19(7-4-16)30-20-8-5-18-9-10-26-23(25)22(18)31-20;22-20-19-16(7-9-23-20)3-6-18(28-19)27-17-4-1-14(2-5-17)11-24-21-25-12-15(8-10-29)13-26-21;1-2-4-5-3-1/h1-2H;5,8-10,13-16,19H,3-4,6-7,11-12H2,1-2H3,(H,30,31)(H,27,28,29);3,6-7,9,12-14,17,29H,1-2,4-5,8,10-11H2,(H,27,28)(H,24,25,26);1-4H2. The van der Waals surface area contributed by atoms with E-state index in [1.54, 1.807) is 37.2 Å². The van der Waals surface area contributed by atoms with Crippen LogP contribution in [-0.2, 0) is 27.1 Å². The molecule has 7 heterocycles. The van der Waals surface area contributed by atoms with Gasteiger partial charge in [0.1, 0.15) is 22.7 Å². The number of halogens is 2. The van der Waals surface area contributed by atoms with Crippen molar-refractivity contribution in [3.63, 3.8) is 0 Å². The van der Waals surface area contributed by atoms with Gasteiger partial charge < -0.3 is 35.8 Å². The predicted octanol–water partition coefficient (Wildman–Crippen LogP) is 9.46. The number of terminal acetylenes is 2. The maximum Gasteiger partial charge on any atom is 0.310 e. The number of rotatable bonds is 15. The van der Waals surface area contributed by atoms with Crippen LogP contribution in [-0.4, -0.2) is 102 Å². The molecule has 2 aliphatic carbocycles. The minimum absolute atomic E-state index is 0.117. The predicted molar refractivity (Wildman–Crippen MR) is 446 cm³/mol. The van der Waals surface area contributed by atoms with Crippen LogP contribution in [0.1, 0.15) is 89.2 Å². The van der Waals surface area contributed by atoms with E-state index >= 15 is 0 Å². The molecule has 16 nitrogen and oxygen atoms in total. The average molecular weight is 1510 g/mol. The fourth-order valence-corrected chi connectivity index (χ4v) is 10.1. The summed E-state index contributed by atoms with van der Waals surface area (Å²) < 4.78 is 10.1. The SMILES string of the molecule is C#CC#CC#CC#CC#CC#CC#CC#CC#CC#CC#CC#CC#CC#CC#CC#CC#CC#CC#CC#CC#CC#CC#C.C1CCOC1.CC(C)OC(=O)Cc1cnc(NCC2CCC(Nc3ccc4ccnc(Cl)c4n3)CC2)nc1.OCCc1cnc(NCC2CCC(Nc3ccc4ccnc(Cl)c4n3)CC2)nc1. The van der Waals surface area contributed by atoms with Gasteiger partial charge in [-0.2, -0.15) is 0 Å². The summed E-state index contributed by atoms with van der Waals surface area (Å²) in [5.74, 6) is 112. The van der Waals surface area contributed by atoms with Crippen molar-refractivity contribution in [3.05, 3.63) is 95.0 Å². The first-order chi connectivity index (χ1) is 55.6. The van der Waals surface area contributed by atoms with Crippen LogP contribution < -0.4 is 21.3 Å². The molecule has 0 radical (unpaired) electrons. The first kappa shape index (κ1) is 86.3. The molecule has 0 atom stereocenters. The van der Waals surface area contributed by atoms with E-state index in [4.69, 9.17) is 50.6 Å². The van der Waals surface area contributed by atoms with Crippen LogP contribution in [0.15, 0.2) is 73.6 Å². The molecule has 18 heteroatoms. The normalized spacial score (nSPS) is 12.9. The van der Waals surface area contributed by atoms with Gasteiger partial charge in [-0.1, -0.05) is 23.2 Å². The van der Waals surface area contributed by atoms with Gasteiger partial charge in [-0.25, -0.2) is 39.9 Å². The van der Waals surface area contributed by atoms with Gasteiger partial charge in [0.15, 0.2) is 10.3 Å². The molecule has 5 N–H and O–H groups in total. The smallest absolute Gasteiger partial charge is 0.310 e. The van der Waals surface area contributed by atoms with Gasteiger partial charge in [0.2, 0.25) is 11.9 Å². The maximum atomic E-state index is 11.7. The van der Waals surface area contributed by atoms with E-state index in [-0.39, 0.29) is 25.1 Å². The lowest BCUT2D eigenvalue weighted by Gasteiger charge is -2.29. The average Bonchev–Trinajstić information content (AvgIpc) is 0.833. The number of fused-ring (bicyclic) bond motifs is 2. The molecule has 2 saturated carbocycles. The molecule has 0 bridgehead atoms. The highest BCUT2D eigenvalue weighted by molar-refractivity contribution is 6.34. The minimum atomic E-state index is -0.265. The third-order valence-electron chi connectivity index (χ3n) is 14.7. The Labute approximate surface area is 673 Å². The Bertz CT molecular complexity index is 5760. The lowest BCUT2D eigenvalue weighted by Crippen LogP contribution is -2.29. The highest BCUT2D eigenvalue weighted by Gasteiger charge is 2.23. The summed E-state index contributed by atoms with van der Waals surface area (Å²) in [6.45, 7) is 7.49. The maximum absolute atomic E-state index is 11.7. The zero-order valence-corrected chi connectivity index (χ0v) is 63.0. The number of esters is 1. The van der Waals surface area contributed by atoms with Crippen LogP contribution >= 0.6 is 23.2 Å². The quantitative estimate of drug-likeness (QED) is 0.0369. The van der Waals surface area contributed by atoms with Crippen molar-refractivity contribution >= 4 is 74.5 Å². The molecule has 113 heavy (non-hydrogen) atoms. The van der Waals surface area contributed by atoms with Crippen LogP contribution in [0.3, 0.4) is 0 Å². The number of aliphatic hydroxyl groups is 1. The Morgan fingerprint density at radius 3 is 1.02 bits per heavy atom. The first-order valence-corrected chi connectivity index (χ1v) is 35.6. The van der Waals surface area contributed by atoms with Gasteiger partial charge in [-0.15, -0.1) is 12.8 Å².